The summed E-state index contributed by atoms with van der Waals surface area (Å²) in [6.45, 7) is 1.92. The lowest BCUT2D eigenvalue weighted by Crippen LogP contribution is -2.53. The van der Waals surface area contributed by atoms with Crippen molar-refractivity contribution < 1.29 is 18.0 Å². The number of rotatable bonds is 14. The maximum absolute atomic E-state index is 14.4. The summed E-state index contributed by atoms with van der Waals surface area (Å²) in [7, 11) is -4.27. The van der Waals surface area contributed by atoms with E-state index in [9.17, 15) is 18.0 Å². The Hall–Kier alpha value is -3.56. The zero-order chi connectivity index (χ0) is 32.4. The third-order valence-corrected chi connectivity index (χ3v) is 9.67. The summed E-state index contributed by atoms with van der Waals surface area (Å²) in [5.41, 5.74) is 1.77. The van der Waals surface area contributed by atoms with Gasteiger partial charge in [-0.05, 0) is 72.1 Å². The van der Waals surface area contributed by atoms with E-state index in [2.05, 4.69) is 5.32 Å². The van der Waals surface area contributed by atoms with Crippen LogP contribution in [0.15, 0.2) is 108 Å². The van der Waals surface area contributed by atoms with Gasteiger partial charge in [0.1, 0.15) is 12.6 Å². The SMILES string of the molecule is CCCCNC(=O)[C@H](Cc1ccccc1)N(Cc1ccc(Cl)cc1)C(=O)CN(c1cccc(Cl)c1)S(=O)(=O)c1ccc(Cl)cc1. The minimum Gasteiger partial charge on any atom is -0.354 e. The Morgan fingerprint density at radius 1 is 0.778 bits per heavy atom. The molecule has 0 saturated carbocycles. The molecule has 0 unspecified atom stereocenters. The zero-order valence-corrected chi connectivity index (χ0v) is 27.8. The third kappa shape index (κ3) is 9.47. The van der Waals surface area contributed by atoms with Gasteiger partial charge >= 0.3 is 0 Å². The first-order valence-corrected chi connectivity index (χ1v) is 17.1. The molecule has 0 bridgehead atoms. The number of anilines is 1. The molecule has 1 N–H and O–H groups in total. The molecule has 11 heteroatoms. The quantitative estimate of drug-likeness (QED) is 0.140. The highest BCUT2D eigenvalue weighted by molar-refractivity contribution is 7.92. The van der Waals surface area contributed by atoms with E-state index < -0.39 is 28.5 Å². The lowest BCUT2D eigenvalue weighted by molar-refractivity contribution is -0.140. The minimum absolute atomic E-state index is 0.0408. The molecule has 0 fully saturated rings. The molecule has 4 rings (SSSR count). The predicted molar refractivity (Wildman–Crippen MR) is 181 cm³/mol. The van der Waals surface area contributed by atoms with Crippen LogP contribution in [0.25, 0.3) is 0 Å². The third-order valence-electron chi connectivity index (χ3n) is 7.14. The van der Waals surface area contributed by atoms with Crippen LogP contribution in [0.2, 0.25) is 15.1 Å². The second-order valence-corrected chi connectivity index (χ2v) is 13.6. The van der Waals surface area contributed by atoms with Gasteiger partial charge in [0.05, 0.1) is 10.6 Å². The molecule has 4 aromatic carbocycles. The van der Waals surface area contributed by atoms with Gasteiger partial charge in [-0.3, -0.25) is 13.9 Å². The Kier molecular flexibility index (Phi) is 12.3. The highest BCUT2D eigenvalue weighted by atomic mass is 35.5. The summed E-state index contributed by atoms with van der Waals surface area (Å²) < 4.78 is 29.1. The molecule has 0 aliphatic rings. The molecule has 1 atom stereocenters. The fourth-order valence-electron chi connectivity index (χ4n) is 4.74. The first kappa shape index (κ1) is 34.3. The molecule has 0 aromatic heterocycles. The van der Waals surface area contributed by atoms with E-state index in [0.29, 0.717) is 21.6 Å². The molecule has 0 saturated heterocycles. The molecule has 0 aliphatic heterocycles. The molecule has 7 nitrogen and oxygen atoms in total. The number of hydrogen-bond donors (Lipinski definition) is 1. The zero-order valence-electron chi connectivity index (χ0n) is 24.7. The molecule has 2 amide bonds. The van der Waals surface area contributed by atoms with Crippen molar-refractivity contribution in [2.24, 2.45) is 0 Å². The average molecular weight is 687 g/mol. The second-order valence-electron chi connectivity index (χ2n) is 10.4. The first-order valence-electron chi connectivity index (χ1n) is 14.5. The Bertz CT molecular complexity index is 1690. The monoisotopic (exact) mass is 685 g/mol. The lowest BCUT2D eigenvalue weighted by Gasteiger charge is -2.34. The van der Waals surface area contributed by atoms with Crippen molar-refractivity contribution in [1.82, 2.24) is 10.2 Å². The van der Waals surface area contributed by atoms with Crippen molar-refractivity contribution in [3.63, 3.8) is 0 Å². The fraction of sp³-hybridized carbons (Fsp3) is 0.235. The van der Waals surface area contributed by atoms with E-state index in [1.54, 1.807) is 42.5 Å². The number of benzene rings is 4. The van der Waals surface area contributed by atoms with Crippen molar-refractivity contribution >= 4 is 62.3 Å². The molecule has 4 aromatic rings. The highest BCUT2D eigenvalue weighted by Crippen LogP contribution is 2.28. The number of carbonyl (C=O) groups is 2. The maximum atomic E-state index is 14.4. The summed E-state index contributed by atoms with van der Waals surface area (Å²) in [5.74, 6) is -0.904. The number of hydrogen-bond acceptors (Lipinski definition) is 4. The first-order chi connectivity index (χ1) is 21.6. The molecular formula is C34H34Cl3N3O4S. The molecule has 0 radical (unpaired) electrons. The molecule has 0 spiro atoms. The van der Waals surface area contributed by atoms with Crippen LogP contribution in [0.4, 0.5) is 5.69 Å². The molecule has 236 valence electrons. The number of unbranched alkanes of at least 4 members (excludes halogenated alkanes) is 1. The fourth-order valence-corrected chi connectivity index (χ4v) is 6.58. The van der Waals surface area contributed by atoms with E-state index in [1.807, 2.05) is 37.3 Å². The Labute approximate surface area is 279 Å². The lowest BCUT2D eigenvalue weighted by atomic mass is 10.0. The summed E-state index contributed by atoms with van der Waals surface area (Å²) in [6.07, 6.45) is 1.88. The van der Waals surface area contributed by atoms with Crippen molar-refractivity contribution in [3.05, 3.63) is 129 Å². The van der Waals surface area contributed by atoms with Gasteiger partial charge in [0.2, 0.25) is 11.8 Å². The summed E-state index contributed by atoms with van der Waals surface area (Å²) in [6, 6.07) is 27.4. The predicted octanol–water partition coefficient (Wildman–Crippen LogP) is 7.40. The van der Waals surface area contributed by atoms with Gasteiger partial charge < -0.3 is 10.2 Å². The summed E-state index contributed by atoms with van der Waals surface area (Å²) >= 11 is 18.4. The molecule has 45 heavy (non-hydrogen) atoms. The van der Waals surface area contributed by atoms with Crippen molar-refractivity contribution in [1.29, 1.82) is 0 Å². The smallest absolute Gasteiger partial charge is 0.264 e. The number of nitrogens with zero attached hydrogens (tertiary/aromatic N) is 2. The molecule has 0 heterocycles. The van der Waals surface area contributed by atoms with Crippen LogP contribution >= 0.6 is 34.8 Å². The van der Waals surface area contributed by atoms with Gasteiger partial charge in [-0.1, -0.05) is 96.7 Å². The molecule has 0 aliphatic carbocycles. The van der Waals surface area contributed by atoms with Crippen molar-refractivity contribution in [2.75, 3.05) is 17.4 Å². The van der Waals surface area contributed by atoms with Crippen LogP contribution in [0.5, 0.6) is 0 Å². The van der Waals surface area contributed by atoms with E-state index in [1.165, 1.54) is 35.2 Å². The van der Waals surface area contributed by atoms with Crippen molar-refractivity contribution in [3.8, 4) is 0 Å². The van der Waals surface area contributed by atoms with Gasteiger partial charge in [0, 0.05) is 34.6 Å². The van der Waals surface area contributed by atoms with Crippen molar-refractivity contribution in [2.45, 2.75) is 43.7 Å². The van der Waals surface area contributed by atoms with Gasteiger partial charge in [0.25, 0.3) is 10.0 Å². The van der Waals surface area contributed by atoms with Crippen LogP contribution in [-0.4, -0.2) is 44.3 Å². The molecular weight excluding hydrogens is 653 g/mol. The summed E-state index contributed by atoms with van der Waals surface area (Å²) in [4.78, 5) is 29.6. The minimum atomic E-state index is -4.27. The topological polar surface area (TPSA) is 86.8 Å². The number of nitrogens with one attached hydrogen (secondary N) is 1. The van der Waals surface area contributed by atoms with Crippen LogP contribution in [-0.2, 0) is 32.6 Å². The van der Waals surface area contributed by atoms with E-state index >= 15 is 0 Å². The van der Waals surface area contributed by atoms with Crippen LogP contribution in [0.1, 0.15) is 30.9 Å². The second kappa shape index (κ2) is 16.1. The van der Waals surface area contributed by atoms with Crippen LogP contribution < -0.4 is 9.62 Å². The Morgan fingerprint density at radius 3 is 2.04 bits per heavy atom. The van der Waals surface area contributed by atoms with Crippen LogP contribution in [0.3, 0.4) is 0 Å². The summed E-state index contributed by atoms with van der Waals surface area (Å²) in [5, 5.41) is 4.16. The number of carbonyl (C=O) groups excluding carboxylic acids is 2. The van der Waals surface area contributed by atoms with Gasteiger partial charge in [-0.2, -0.15) is 0 Å². The van der Waals surface area contributed by atoms with Gasteiger partial charge in [-0.15, -0.1) is 0 Å². The Morgan fingerprint density at radius 2 is 1.42 bits per heavy atom. The van der Waals surface area contributed by atoms with Gasteiger partial charge in [0.15, 0.2) is 0 Å². The Balaban J connectivity index is 1.78. The maximum Gasteiger partial charge on any atom is 0.264 e. The van der Waals surface area contributed by atoms with Gasteiger partial charge in [-0.25, -0.2) is 8.42 Å². The van der Waals surface area contributed by atoms with E-state index in [0.717, 1.165) is 28.3 Å². The number of amides is 2. The standard InChI is InChI=1S/C34H34Cl3N3O4S/c1-2-3-20-38-34(42)32(21-25-8-5-4-6-9-25)39(23-26-12-14-27(35)15-13-26)33(41)24-40(30-11-7-10-29(37)22-30)45(43,44)31-18-16-28(36)17-19-31/h4-19,22,32H,2-3,20-21,23-24H2,1H3,(H,38,42)/t32-/m0/s1. The van der Waals surface area contributed by atoms with Crippen LogP contribution in [0, 0.1) is 0 Å². The van der Waals surface area contributed by atoms with E-state index in [4.69, 9.17) is 34.8 Å². The normalized spacial score (nSPS) is 11.9. The largest absolute Gasteiger partial charge is 0.354 e. The average Bonchev–Trinajstić information content (AvgIpc) is 3.03. The number of halogens is 3. The number of sulfonamides is 1. The van der Waals surface area contributed by atoms with E-state index in [-0.39, 0.29) is 29.5 Å². The highest BCUT2D eigenvalue weighted by Gasteiger charge is 2.34.